The second-order valence-electron chi connectivity index (χ2n) is 7.29. The lowest BCUT2D eigenvalue weighted by atomic mass is 9.92. The molecule has 0 atom stereocenters. The molecule has 150 valence electrons. The minimum absolute atomic E-state index is 0.0666. The lowest BCUT2D eigenvalue weighted by Gasteiger charge is -2.14. The average Bonchev–Trinajstić information content (AvgIpc) is 2.77. The predicted molar refractivity (Wildman–Crippen MR) is 118 cm³/mol. The summed E-state index contributed by atoms with van der Waals surface area (Å²) in [5.74, 6) is -2.99. The molecule has 5 aromatic carbocycles. The Balaban J connectivity index is 1.67. The SMILES string of the molecule is O=C(O)c1ccc(C(=O)O)c(NC(=O)c2ccc3ccc4cccc5ccc2c3c45)c1. The van der Waals surface area contributed by atoms with Gasteiger partial charge in [-0.15, -0.1) is 0 Å². The molecule has 5 aromatic rings. The van der Waals surface area contributed by atoms with E-state index in [0.29, 0.717) is 5.56 Å². The van der Waals surface area contributed by atoms with Crippen molar-refractivity contribution in [1.29, 1.82) is 0 Å². The Hall–Kier alpha value is -4.45. The fourth-order valence-electron chi connectivity index (χ4n) is 4.09. The molecular weight excluding hydrogens is 394 g/mol. The third-order valence-corrected chi connectivity index (χ3v) is 5.52. The standard InChI is InChI=1S/C25H15NO5/c27-23(26-20-12-16(24(28)29)8-11-19(20)25(30)31)18-10-7-15-5-4-13-2-1-3-14-6-9-17(18)22(15)21(13)14/h1-12H,(H,26,27)(H,28,29)(H,30,31). The number of nitrogens with one attached hydrogen (secondary N) is 1. The first-order valence-corrected chi connectivity index (χ1v) is 9.52. The molecule has 0 spiro atoms. The van der Waals surface area contributed by atoms with E-state index in [1.807, 2.05) is 48.5 Å². The van der Waals surface area contributed by atoms with Crippen LogP contribution >= 0.6 is 0 Å². The van der Waals surface area contributed by atoms with Gasteiger partial charge >= 0.3 is 11.9 Å². The first-order chi connectivity index (χ1) is 14.9. The van der Waals surface area contributed by atoms with Crippen molar-refractivity contribution in [3.05, 3.63) is 89.5 Å². The number of carboxylic acid groups (broad SMARTS) is 2. The number of aromatic carboxylic acids is 2. The van der Waals surface area contributed by atoms with E-state index in [0.717, 1.165) is 38.4 Å². The van der Waals surface area contributed by atoms with Crippen LogP contribution in [0.3, 0.4) is 0 Å². The van der Waals surface area contributed by atoms with Crippen LogP contribution in [0.25, 0.3) is 32.3 Å². The van der Waals surface area contributed by atoms with Crippen LogP contribution in [0.2, 0.25) is 0 Å². The molecule has 0 heterocycles. The fourth-order valence-corrected chi connectivity index (χ4v) is 4.09. The summed E-state index contributed by atoms with van der Waals surface area (Å²) in [5, 5.41) is 27.1. The van der Waals surface area contributed by atoms with Crippen molar-refractivity contribution in [1.82, 2.24) is 0 Å². The molecular formula is C25H15NO5. The monoisotopic (exact) mass is 409 g/mol. The molecule has 0 saturated heterocycles. The molecule has 3 N–H and O–H groups in total. The summed E-state index contributed by atoms with van der Waals surface area (Å²) in [5.41, 5.74) is 0.0117. The number of rotatable bonds is 4. The molecule has 0 aromatic heterocycles. The fraction of sp³-hybridized carbons (Fsp3) is 0. The third-order valence-electron chi connectivity index (χ3n) is 5.52. The molecule has 0 saturated carbocycles. The van der Waals surface area contributed by atoms with Crippen molar-refractivity contribution in [3.63, 3.8) is 0 Å². The molecule has 0 radical (unpaired) electrons. The average molecular weight is 409 g/mol. The van der Waals surface area contributed by atoms with Crippen LogP contribution in [0.1, 0.15) is 31.1 Å². The summed E-state index contributed by atoms with van der Waals surface area (Å²) in [6.45, 7) is 0. The first kappa shape index (κ1) is 18.6. The Kier molecular flexibility index (Phi) is 4.08. The zero-order valence-corrected chi connectivity index (χ0v) is 16.0. The number of benzene rings is 5. The summed E-state index contributed by atoms with van der Waals surface area (Å²) < 4.78 is 0. The quantitative estimate of drug-likeness (QED) is 0.353. The molecule has 0 fully saturated rings. The van der Waals surface area contributed by atoms with Gasteiger partial charge in [-0.25, -0.2) is 9.59 Å². The number of hydrogen-bond donors (Lipinski definition) is 3. The molecule has 0 unspecified atom stereocenters. The minimum Gasteiger partial charge on any atom is -0.478 e. The van der Waals surface area contributed by atoms with Gasteiger partial charge in [-0.2, -0.15) is 0 Å². The predicted octanol–water partition coefficient (Wildman–Crippen LogP) is 5.23. The van der Waals surface area contributed by atoms with Crippen molar-refractivity contribution in [2.45, 2.75) is 0 Å². The molecule has 6 heteroatoms. The van der Waals surface area contributed by atoms with Crippen LogP contribution in [0.5, 0.6) is 0 Å². The molecule has 0 aliphatic rings. The molecule has 0 bridgehead atoms. The number of carbonyl (C=O) groups excluding carboxylic acids is 1. The van der Waals surface area contributed by atoms with Crippen LogP contribution in [0, 0.1) is 0 Å². The van der Waals surface area contributed by atoms with E-state index in [1.165, 1.54) is 12.1 Å². The van der Waals surface area contributed by atoms with Crippen molar-refractivity contribution >= 4 is 55.9 Å². The number of carboxylic acids is 2. The van der Waals surface area contributed by atoms with Crippen molar-refractivity contribution in [2.24, 2.45) is 0 Å². The van der Waals surface area contributed by atoms with Gasteiger partial charge < -0.3 is 15.5 Å². The summed E-state index contributed by atoms with van der Waals surface area (Å²) in [6, 6.07) is 21.0. The Morgan fingerprint density at radius 1 is 0.645 bits per heavy atom. The maximum absolute atomic E-state index is 13.2. The molecule has 0 aliphatic heterocycles. The summed E-state index contributed by atoms with van der Waals surface area (Å²) in [4.78, 5) is 36.0. The highest BCUT2D eigenvalue weighted by atomic mass is 16.4. The zero-order chi connectivity index (χ0) is 21.7. The maximum atomic E-state index is 13.2. The highest BCUT2D eigenvalue weighted by molar-refractivity contribution is 6.27. The third kappa shape index (κ3) is 2.93. The Morgan fingerprint density at radius 3 is 1.94 bits per heavy atom. The first-order valence-electron chi connectivity index (χ1n) is 9.52. The lowest BCUT2D eigenvalue weighted by Crippen LogP contribution is -2.16. The Labute approximate surface area is 175 Å². The van der Waals surface area contributed by atoms with Gasteiger partial charge in [0.25, 0.3) is 5.91 Å². The Morgan fingerprint density at radius 2 is 1.26 bits per heavy atom. The van der Waals surface area contributed by atoms with Gasteiger partial charge in [-0.1, -0.05) is 48.5 Å². The van der Waals surface area contributed by atoms with Gasteiger partial charge in [0.1, 0.15) is 0 Å². The lowest BCUT2D eigenvalue weighted by molar-refractivity contribution is 0.0682. The van der Waals surface area contributed by atoms with Crippen LogP contribution < -0.4 is 5.32 Å². The molecule has 6 nitrogen and oxygen atoms in total. The van der Waals surface area contributed by atoms with Crippen molar-refractivity contribution in [3.8, 4) is 0 Å². The number of hydrogen-bond acceptors (Lipinski definition) is 3. The smallest absolute Gasteiger partial charge is 0.337 e. The van der Waals surface area contributed by atoms with Gasteiger partial charge in [-0.3, -0.25) is 4.79 Å². The van der Waals surface area contributed by atoms with E-state index >= 15 is 0 Å². The van der Waals surface area contributed by atoms with Crippen molar-refractivity contribution in [2.75, 3.05) is 5.32 Å². The van der Waals surface area contributed by atoms with E-state index in [-0.39, 0.29) is 16.8 Å². The van der Waals surface area contributed by atoms with E-state index in [2.05, 4.69) is 5.32 Å². The van der Waals surface area contributed by atoms with Gasteiger partial charge in [0, 0.05) is 5.56 Å². The normalized spacial score (nSPS) is 11.2. The largest absolute Gasteiger partial charge is 0.478 e. The van der Waals surface area contributed by atoms with Crippen molar-refractivity contribution < 1.29 is 24.6 Å². The molecule has 0 aliphatic carbocycles. The second kappa shape index (κ2) is 6.81. The van der Waals surface area contributed by atoms with Gasteiger partial charge in [0.2, 0.25) is 0 Å². The van der Waals surface area contributed by atoms with Crippen LogP contribution in [0.4, 0.5) is 5.69 Å². The number of carbonyl (C=O) groups is 3. The minimum atomic E-state index is -1.26. The molecule has 1 amide bonds. The highest BCUT2D eigenvalue weighted by Crippen LogP contribution is 2.36. The van der Waals surface area contributed by atoms with Gasteiger partial charge in [0.15, 0.2) is 0 Å². The van der Waals surface area contributed by atoms with E-state index < -0.39 is 17.8 Å². The Bertz CT molecular complexity index is 1520. The second-order valence-corrected chi connectivity index (χ2v) is 7.29. The van der Waals surface area contributed by atoms with E-state index in [4.69, 9.17) is 0 Å². The van der Waals surface area contributed by atoms with Crippen LogP contribution in [-0.2, 0) is 0 Å². The van der Waals surface area contributed by atoms with Gasteiger partial charge in [-0.05, 0) is 56.6 Å². The van der Waals surface area contributed by atoms with Crippen LogP contribution in [0.15, 0.2) is 72.8 Å². The maximum Gasteiger partial charge on any atom is 0.337 e. The topological polar surface area (TPSA) is 104 Å². The zero-order valence-electron chi connectivity index (χ0n) is 16.0. The number of anilines is 1. The van der Waals surface area contributed by atoms with E-state index in [1.54, 1.807) is 6.07 Å². The van der Waals surface area contributed by atoms with Gasteiger partial charge in [0.05, 0.1) is 16.8 Å². The molecule has 5 rings (SSSR count). The summed E-state index contributed by atoms with van der Waals surface area (Å²) in [6.07, 6.45) is 0. The number of amides is 1. The summed E-state index contributed by atoms with van der Waals surface area (Å²) >= 11 is 0. The van der Waals surface area contributed by atoms with E-state index in [9.17, 15) is 24.6 Å². The summed E-state index contributed by atoms with van der Waals surface area (Å²) in [7, 11) is 0. The highest BCUT2D eigenvalue weighted by Gasteiger charge is 2.19. The van der Waals surface area contributed by atoms with Crippen LogP contribution in [-0.4, -0.2) is 28.1 Å². The molecule has 31 heavy (non-hydrogen) atoms.